The first-order chi connectivity index (χ1) is 22.6. The Hall–Kier alpha value is -4.59. The van der Waals surface area contributed by atoms with Gasteiger partial charge in [0.05, 0.1) is 40.9 Å². The Morgan fingerprint density at radius 1 is 1.13 bits per heavy atom. The number of hydrogen-bond donors (Lipinski definition) is 1. The second-order valence-corrected chi connectivity index (χ2v) is 12.3. The number of likely N-dealkylation sites (N-methyl/N-ethyl adjacent to an activating group) is 1. The molecule has 2 fully saturated rings. The largest absolute Gasteiger partial charge is 0.481 e. The highest BCUT2D eigenvalue weighted by Crippen LogP contribution is 2.36. The molecular formula is C32H33Cl2N7O6. The molecule has 0 saturated carbocycles. The van der Waals surface area contributed by atoms with Crippen LogP contribution in [0.1, 0.15) is 16.8 Å². The van der Waals surface area contributed by atoms with E-state index in [1.54, 1.807) is 29.0 Å². The van der Waals surface area contributed by atoms with E-state index in [0.717, 1.165) is 18.9 Å². The normalized spacial score (nSPS) is 17.4. The lowest BCUT2D eigenvalue weighted by atomic mass is 10.1. The standard InChI is InChI=1S/C32H33Cl2N7O6/c1-38(2)19-14-39(15-19)28-7-5-18(13-35-28)41-16-21(32(43)44)30(42)20-11-23(34)26(12-25(20)41)40-10-9-24(37-46-4)27(40)17-47-31-22(33)6-8-29(36-31)45-3/h5-8,11-13,16,19,27H,9-10,14-15,17H2,1-4H3,(H,43,44)/b37-24-. The van der Waals surface area contributed by atoms with Gasteiger partial charge in [0.15, 0.2) is 0 Å². The zero-order valence-electron chi connectivity index (χ0n) is 26.2. The van der Waals surface area contributed by atoms with Crippen LogP contribution < -0.4 is 24.7 Å². The molecule has 0 radical (unpaired) electrons. The highest BCUT2D eigenvalue weighted by atomic mass is 35.5. The summed E-state index contributed by atoms with van der Waals surface area (Å²) in [6.07, 6.45) is 3.55. The van der Waals surface area contributed by atoms with Gasteiger partial charge < -0.3 is 38.7 Å². The summed E-state index contributed by atoms with van der Waals surface area (Å²) in [5.41, 5.74) is 1.32. The van der Waals surface area contributed by atoms with Gasteiger partial charge in [-0.3, -0.25) is 4.79 Å². The van der Waals surface area contributed by atoms with Gasteiger partial charge in [-0.1, -0.05) is 28.4 Å². The zero-order valence-corrected chi connectivity index (χ0v) is 27.7. The highest BCUT2D eigenvalue weighted by Gasteiger charge is 2.35. The van der Waals surface area contributed by atoms with Gasteiger partial charge in [0.25, 0.3) is 0 Å². The van der Waals surface area contributed by atoms with Crippen molar-refractivity contribution in [3.8, 4) is 17.4 Å². The Balaban J connectivity index is 1.40. The number of methoxy groups -OCH3 is 1. The number of oxime groups is 1. The third-order valence-corrected chi connectivity index (χ3v) is 9.08. The van der Waals surface area contributed by atoms with E-state index in [4.69, 9.17) is 37.5 Å². The summed E-state index contributed by atoms with van der Waals surface area (Å²) in [4.78, 5) is 46.0. The number of carbonyl (C=O) groups is 1. The first-order valence-corrected chi connectivity index (χ1v) is 15.5. The molecular weight excluding hydrogens is 649 g/mol. The molecule has 47 heavy (non-hydrogen) atoms. The van der Waals surface area contributed by atoms with Crippen molar-refractivity contribution in [2.45, 2.75) is 18.5 Å². The van der Waals surface area contributed by atoms with E-state index >= 15 is 0 Å². The van der Waals surface area contributed by atoms with Crippen molar-refractivity contribution in [2.75, 3.05) is 64.4 Å². The predicted octanol–water partition coefficient (Wildman–Crippen LogP) is 4.20. The average molecular weight is 683 g/mol. The molecule has 2 aliphatic rings. The Labute approximate surface area is 280 Å². The minimum atomic E-state index is -1.34. The van der Waals surface area contributed by atoms with Crippen molar-refractivity contribution in [1.82, 2.24) is 19.4 Å². The van der Waals surface area contributed by atoms with E-state index in [0.29, 0.717) is 52.5 Å². The van der Waals surface area contributed by atoms with Gasteiger partial charge in [0.1, 0.15) is 36.2 Å². The molecule has 1 aromatic carbocycles. The number of fused-ring (bicyclic) bond motifs is 1. The zero-order chi connectivity index (χ0) is 33.4. The number of carboxylic acids is 1. The Kier molecular flexibility index (Phi) is 9.13. The van der Waals surface area contributed by atoms with Crippen molar-refractivity contribution in [2.24, 2.45) is 5.16 Å². The third kappa shape index (κ3) is 6.25. The van der Waals surface area contributed by atoms with Crippen LogP contribution in [0.3, 0.4) is 0 Å². The van der Waals surface area contributed by atoms with Crippen LogP contribution >= 0.6 is 23.2 Å². The fourth-order valence-electron chi connectivity index (χ4n) is 5.81. The number of benzene rings is 1. The van der Waals surface area contributed by atoms with Crippen LogP contribution in [0.4, 0.5) is 11.5 Å². The van der Waals surface area contributed by atoms with Gasteiger partial charge in [0, 0.05) is 49.7 Å². The number of rotatable bonds is 10. The Bertz CT molecular complexity index is 1910. The molecule has 5 heterocycles. The fourth-order valence-corrected chi connectivity index (χ4v) is 6.24. The minimum absolute atomic E-state index is 0.0950. The summed E-state index contributed by atoms with van der Waals surface area (Å²) in [6, 6.07) is 10.3. The van der Waals surface area contributed by atoms with Crippen LogP contribution in [0, 0.1) is 0 Å². The molecule has 1 N–H and O–H groups in total. The van der Waals surface area contributed by atoms with E-state index in [1.165, 1.54) is 26.5 Å². The van der Waals surface area contributed by atoms with E-state index in [-0.39, 0.29) is 28.5 Å². The maximum atomic E-state index is 13.4. The number of nitrogens with zero attached hydrogens (tertiary/aromatic N) is 7. The van der Waals surface area contributed by atoms with E-state index in [9.17, 15) is 14.7 Å². The molecule has 4 aromatic rings. The molecule has 2 aliphatic heterocycles. The van der Waals surface area contributed by atoms with E-state index in [2.05, 4.69) is 39.0 Å². The lowest BCUT2D eigenvalue weighted by Crippen LogP contribution is -2.57. The Morgan fingerprint density at radius 2 is 1.91 bits per heavy atom. The van der Waals surface area contributed by atoms with Crippen LogP contribution in [0.5, 0.6) is 11.8 Å². The molecule has 6 rings (SSSR count). The number of hydrogen-bond acceptors (Lipinski definition) is 11. The number of aromatic carboxylic acids is 1. The summed E-state index contributed by atoms with van der Waals surface area (Å²) in [6.45, 7) is 2.33. The average Bonchev–Trinajstić information content (AvgIpc) is 3.42. The van der Waals surface area contributed by atoms with E-state index in [1.807, 2.05) is 17.0 Å². The first-order valence-electron chi connectivity index (χ1n) is 14.8. The number of ether oxygens (including phenoxy) is 2. The topological polar surface area (TPSA) is 135 Å². The van der Waals surface area contributed by atoms with Crippen LogP contribution in [0.25, 0.3) is 16.6 Å². The molecule has 2 saturated heterocycles. The quantitative estimate of drug-likeness (QED) is 0.241. The number of carboxylic acid groups (broad SMARTS) is 1. The van der Waals surface area contributed by atoms with Crippen molar-refractivity contribution >= 4 is 57.3 Å². The van der Waals surface area contributed by atoms with Gasteiger partial charge in [-0.15, -0.1) is 0 Å². The van der Waals surface area contributed by atoms with Crippen molar-refractivity contribution in [3.63, 3.8) is 0 Å². The lowest BCUT2D eigenvalue weighted by Gasteiger charge is -2.43. The summed E-state index contributed by atoms with van der Waals surface area (Å²) in [5.74, 6) is 0.0168. The molecule has 3 aromatic heterocycles. The summed E-state index contributed by atoms with van der Waals surface area (Å²) >= 11 is 13.2. The third-order valence-electron chi connectivity index (χ3n) is 8.49. The molecule has 15 heteroatoms. The van der Waals surface area contributed by atoms with Crippen molar-refractivity contribution < 1.29 is 24.2 Å². The van der Waals surface area contributed by atoms with Gasteiger partial charge in [-0.25, -0.2) is 9.78 Å². The highest BCUT2D eigenvalue weighted by molar-refractivity contribution is 6.34. The molecule has 246 valence electrons. The molecule has 0 amide bonds. The fraction of sp³-hybridized carbons (Fsp3) is 0.344. The lowest BCUT2D eigenvalue weighted by molar-refractivity contribution is 0.0695. The van der Waals surface area contributed by atoms with Gasteiger partial charge >= 0.3 is 5.97 Å². The summed E-state index contributed by atoms with van der Waals surface area (Å²) < 4.78 is 12.9. The molecule has 0 aliphatic carbocycles. The summed E-state index contributed by atoms with van der Waals surface area (Å²) in [7, 11) is 7.07. The van der Waals surface area contributed by atoms with E-state index < -0.39 is 17.4 Å². The van der Waals surface area contributed by atoms with Gasteiger partial charge in [0.2, 0.25) is 17.2 Å². The first kappa shape index (κ1) is 32.4. The second-order valence-electron chi connectivity index (χ2n) is 11.4. The molecule has 0 bridgehead atoms. The van der Waals surface area contributed by atoms with Crippen molar-refractivity contribution in [1.29, 1.82) is 0 Å². The molecule has 1 unspecified atom stereocenters. The Morgan fingerprint density at radius 3 is 2.57 bits per heavy atom. The number of aromatic nitrogens is 3. The SMILES string of the molecule is CO/N=C1/CCN(c2cc3c(cc2Cl)c(=O)c(C(=O)O)cn3-c2ccc(N3CC(N(C)C)C3)nc2)C1COc1nc(OC)ccc1Cl. The number of pyridine rings is 3. The van der Waals surface area contributed by atoms with Gasteiger partial charge in [-0.2, -0.15) is 4.98 Å². The molecule has 0 spiro atoms. The predicted molar refractivity (Wildman–Crippen MR) is 180 cm³/mol. The van der Waals surface area contributed by atoms with Crippen LogP contribution in [0.15, 0.2) is 58.7 Å². The van der Waals surface area contributed by atoms with Crippen molar-refractivity contribution in [3.05, 3.63) is 74.6 Å². The monoisotopic (exact) mass is 681 g/mol. The second kappa shape index (κ2) is 13.3. The number of anilines is 2. The minimum Gasteiger partial charge on any atom is -0.481 e. The maximum absolute atomic E-state index is 13.4. The maximum Gasteiger partial charge on any atom is 0.341 e. The molecule has 1 atom stereocenters. The summed E-state index contributed by atoms with van der Waals surface area (Å²) in [5, 5.41) is 14.9. The van der Waals surface area contributed by atoms with Crippen LogP contribution in [0.2, 0.25) is 10.0 Å². The molecule has 13 nitrogen and oxygen atoms in total. The van der Waals surface area contributed by atoms with Crippen LogP contribution in [-0.2, 0) is 4.84 Å². The number of halogens is 2. The smallest absolute Gasteiger partial charge is 0.341 e. The van der Waals surface area contributed by atoms with Gasteiger partial charge in [-0.05, 0) is 44.4 Å². The van der Waals surface area contributed by atoms with Crippen LogP contribution in [-0.4, -0.2) is 103 Å².